The average molecular weight is 431 g/mol. The molecule has 0 spiro atoms. The van der Waals surface area contributed by atoms with Gasteiger partial charge in [0.1, 0.15) is 18.0 Å². The molecule has 28 heavy (non-hydrogen) atoms. The first-order chi connectivity index (χ1) is 13.0. The molecule has 0 unspecified atom stereocenters. The second-order valence-electron chi connectivity index (χ2n) is 10.5. The van der Waals surface area contributed by atoms with Crippen molar-refractivity contribution in [1.82, 2.24) is 0 Å². The summed E-state index contributed by atoms with van der Waals surface area (Å²) in [6, 6.07) is 0. The van der Waals surface area contributed by atoms with Gasteiger partial charge in [-0.25, -0.2) is 0 Å². The predicted molar refractivity (Wildman–Crippen MR) is 108 cm³/mol. The molecular weight excluding hydrogens is 399 g/mol. The third-order valence-electron chi connectivity index (χ3n) is 9.66. The van der Waals surface area contributed by atoms with E-state index in [2.05, 4.69) is 6.92 Å². The molecule has 4 rings (SSSR count). The second-order valence-corrected chi connectivity index (χ2v) is 11.6. The third-order valence-corrected chi connectivity index (χ3v) is 11.2. The zero-order valence-corrected chi connectivity index (χ0v) is 18.5. The van der Waals surface area contributed by atoms with Crippen LogP contribution in [-0.4, -0.2) is 44.2 Å². The molecule has 2 N–H and O–H groups in total. The first-order valence-electron chi connectivity index (χ1n) is 10.7. The van der Waals surface area contributed by atoms with E-state index in [-0.39, 0.29) is 29.1 Å². The van der Waals surface area contributed by atoms with Gasteiger partial charge >= 0.3 is 0 Å². The number of halogens is 2. The van der Waals surface area contributed by atoms with Gasteiger partial charge in [-0.15, -0.1) is 23.2 Å². The predicted octanol–water partition coefficient (Wildman–Crippen LogP) is 3.72. The van der Waals surface area contributed by atoms with Crippen molar-refractivity contribution in [3.8, 4) is 0 Å². The number of carbonyl (C=O) groups excluding carboxylic acids is 2. The Balaban J connectivity index is 1.79. The van der Waals surface area contributed by atoms with Crippen LogP contribution in [0.1, 0.15) is 65.7 Å². The number of hydrogen-bond acceptors (Lipinski definition) is 4. The Morgan fingerprint density at radius 1 is 1.21 bits per heavy atom. The minimum Gasteiger partial charge on any atom is -0.388 e. The molecule has 0 aliphatic heterocycles. The van der Waals surface area contributed by atoms with E-state index in [1.54, 1.807) is 0 Å². The minimum atomic E-state index is -1.57. The van der Waals surface area contributed by atoms with Crippen molar-refractivity contribution >= 4 is 34.8 Å². The SMILES string of the molecule is C[C@@H]1C[C@H]2[C@@H]3CC[C@H]4CC(=O)CC[C@]4(C)[C@@]3(Cl)[C@@H](Cl)C[C@]2(C)[C@@]1(O)C(=O)CO. The fraction of sp³-hybridized carbons (Fsp3) is 0.909. The summed E-state index contributed by atoms with van der Waals surface area (Å²) < 4.78 is 0. The van der Waals surface area contributed by atoms with Gasteiger partial charge < -0.3 is 10.2 Å². The molecule has 4 aliphatic rings. The highest BCUT2D eigenvalue weighted by Crippen LogP contribution is 2.73. The first-order valence-corrected chi connectivity index (χ1v) is 11.5. The zero-order chi connectivity index (χ0) is 20.7. The molecule has 0 heterocycles. The van der Waals surface area contributed by atoms with Crippen molar-refractivity contribution in [3.63, 3.8) is 0 Å². The minimum absolute atomic E-state index is 0.0749. The Bertz CT molecular complexity index is 713. The summed E-state index contributed by atoms with van der Waals surface area (Å²) in [5.74, 6) is -0.00315. The summed E-state index contributed by atoms with van der Waals surface area (Å²) in [7, 11) is 0. The van der Waals surface area contributed by atoms with Gasteiger partial charge in [0.25, 0.3) is 0 Å². The maximum absolute atomic E-state index is 12.7. The van der Waals surface area contributed by atoms with E-state index >= 15 is 0 Å². The number of aliphatic hydroxyl groups excluding tert-OH is 1. The van der Waals surface area contributed by atoms with Crippen LogP contribution in [0.25, 0.3) is 0 Å². The van der Waals surface area contributed by atoms with E-state index in [9.17, 15) is 19.8 Å². The highest BCUT2D eigenvalue weighted by molar-refractivity contribution is 6.33. The summed E-state index contributed by atoms with van der Waals surface area (Å²) in [6.45, 7) is 5.43. The molecule has 4 aliphatic carbocycles. The maximum Gasteiger partial charge on any atom is 0.190 e. The van der Waals surface area contributed by atoms with E-state index in [0.717, 1.165) is 19.3 Å². The highest BCUT2D eigenvalue weighted by atomic mass is 35.5. The standard InChI is InChI=1S/C22H32Cl2O4/c1-12-8-16-15-5-4-13-9-14(26)6-7-19(13,2)21(15,24)17(23)10-20(16,3)22(12,28)18(27)11-25/h12-13,15-17,25,28H,4-11H2,1-3H3/t12-,13+,15+,16+,17+,19+,20+,21+,22+/m1/s1. The first kappa shape index (κ1) is 21.1. The van der Waals surface area contributed by atoms with Crippen LogP contribution in [0.4, 0.5) is 0 Å². The molecule has 4 fully saturated rings. The Labute approximate surface area is 177 Å². The Kier molecular flexibility index (Phi) is 4.83. The molecule has 158 valence electrons. The van der Waals surface area contributed by atoms with Crippen LogP contribution >= 0.6 is 23.2 Å². The lowest BCUT2D eigenvalue weighted by atomic mass is 9.43. The molecule has 4 nitrogen and oxygen atoms in total. The quantitative estimate of drug-likeness (QED) is 0.654. The molecular formula is C22H32Cl2O4. The van der Waals surface area contributed by atoms with Crippen LogP contribution < -0.4 is 0 Å². The molecule has 6 heteroatoms. The van der Waals surface area contributed by atoms with Crippen molar-refractivity contribution in [2.45, 2.75) is 81.6 Å². The average Bonchev–Trinajstić information content (AvgIpc) is 2.84. The third kappa shape index (κ3) is 2.27. The molecule has 0 amide bonds. The van der Waals surface area contributed by atoms with Crippen LogP contribution in [0.15, 0.2) is 0 Å². The number of alkyl halides is 2. The molecule has 0 aromatic rings. The van der Waals surface area contributed by atoms with Gasteiger partial charge in [-0.2, -0.15) is 0 Å². The van der Waals surface area contributed by atoms with E-state index in [1.165, 1.54) is 0 Å². The maximum atomic E-state index is 12.7. The van der Waals surface area contributed by atoms with Crippen LogP contribution in [-0.2, 0) is 9.59 Å². The smallest absolute Gasteiger partial charge is 0.190 e. The fourth-order valence-electron chi connectivity index (χ4n) is 8.04. The van der Waals surface area contributed by atoms with Gasteiger partial charge in [-0.05, 0) is 61.2 Å². The van der Waals surface area contributed by atoms with Crippen LogP contribution in [0.2, 0.25) is 0 Å². The molecule has 4 saturated carbocycles. The number of ketones is 2. The lowest BCUT2D eigenvalue weighted by Crippen LogP contribution is -2.69. The Morgan fingerprint density at radius 3 is 2.54 bits per heavy atom. The van der Waals surface area contributed by atoms with E-state index in [0.29, 0.717) is 31.5 Å². The lowest BCUT2D eigenvalue weighted by Gasteiger charge is -2.66. The van der Waals surface area contributed by atoms with Crippen molar-refractivity contribution < 1.29 is 19.8 Å². The van der Waals surface area contributed by atoms with Crippen molar-refractivity contribution in [3.05, 3.63) is 0 Å². The van der Waals surface area contributed by atoms with Crippen molar-refractivity contribution in [2.75, 3.05) is 6.61 Å². The number of rotatable bonds is 2. The van der Waals surface area contributed by atoms with Gasteiger partial charge in [0.15, 0.2) is 5.78 Å². The van der Waals surface area contributed by atoms with Gasteiger partial charge in [-0.3, -0.25) is 9.59 Å². The summed E-state index contributed by atoms with van der Waals surface area (Å²) in [5.41, 5.74) is -2.49. The largest absolute Gasteiger partial charge is 0.388 e. The number of carbonyl (C=O) groups is 2. The van der Waals surface area contributed by atoms with E-state index in [4.69, 9.17) is 23.2 Å². The van der Waals surface area contributed by atoms with Crippen LogP contribution in [0, 0.1) is 34.5 Å². The van der Waals surface area contributed by atoms with Crippen LogP contribution in [0.3, 0.4) is 0 Å². The summed E-state index contributed by atoms with van der Waals surface area (Å²) in [5, 5.41) is 20.7. The summed E-state index contributed by atoms with van der Waals surface area (Å²) >= 11 is 14.6. The molecule has 0 aromatic heterocycles. The van der Waals surface area contributed by atoms with Crippen molar-refractivity contribution in [2.24, 2.45) is 34.5 Å². The normalized spacial score (nSPS) is 56.0. The van der Waals surface area contributed by atoms with Gasteiger partial charge in [-0.1, -0.05) is 20.8 Å². The second kappa shape index (κ2) is 6.42. The Morgan fingerprint density at radius 2 is 1.89 bits per heavy atom. The molecule has 0 aromatic carbocycles. The number of Topliss-reactive ketones (excluding diaryl/α,β-unsaturated/α-hetero) is 2. The lowest BCUT2D eigenvalue weighted by molar-refractivity contribution is -0.173. The van der Waals surface area contributed by atoms with Gasteiger partial charge in [0.05, 0.1) is 10.3 Å². The number of aliphatic hydroxyl groups is 2. The monoisotopic (exact) mass is 430 g/mol. The summed E-state index contributed by atoms with van der Waals surface area (Å²) in [4.78, 5) is 24.1. The topological polar surface area (TPSA) is 74.6 Å². The van der Waals surface area contributed by atoms with Crippen molar-refractivity contribution in [1.29, 1.82) is 0 Å². The van der Waals surface area contributed by atoms with Crippen LogP contribution in [0.5, 0.6) is 0 Å². The van der Waals surface area contributed by atoms with E-state index in [1.807, 2.05) is 13.8 Å². The highest BCUT2D eigenvalue weighted by Gasteiger charge is 2.75. The fourth-order valence-corrected chi connectivity index (χ4v) is 9.35. The molecule has 0 saturated heterocycles. The number of fused-ring (bicyclic) bond motifs is 5. The summed E-state index contributed by atoms with van der Waals surface area (Å²) in [6.07, 6.45) is 4.88. The van der Waals surface area contributed by atoms with Gasteiger partial charge in [0.2, 0.25) is 0 Å². The number of hydrogen-bond donors (Lipinski definition) is 2. The van der Waals surface area contributed by atoms with Gasteiger partial charge in [0, 0.05) is 18.3 Å². The Hall–Kier alpha value is -0.160. The van der Waals surface area contributed by atoms with E-state index < -0.39 is 33.7 Å². The molecule has 0 radical (unpaired) electrons. The molecule has 0 bridgehead atoms. The zero-order valence-electron chi connectivity index (χ0n) is 17.0. The molecule has 9 atom stereocenters.